The fourth-order valence-electron chi connectivity index (χ4n) is 2.27. The Bertz CT molecular complexity index is 1100. The van der Waals surface area contributed by atoms with Crippen molar-refractivity contribution in [3.05, 3.63) is 70.4 Å². The van der Waals surface area contributed by atoms with Gasteiger partial charge in [0.25, 0.3) is 11.6 Å². The van der Waals surface area contributed by atoms with Gasteiger partial charge in [0.1, 0.15) is 0 Å². The molecule has 3 aromatic rings. The second-order valence-electron chi connectivity index (χ2n) is 5.49. The number of nitrogens with zero attached hydrogens (tertiary/aromatic N) is 2. The number of nitro groups is 1. The average Bonchev–Trinajstić information content (AvgIpc) is 3.12. The zero-order valence-corrected chi connectivity index (χ0v) is 14.4. The molecule has 11 heteroatoms. The molecule has 0 saturated heterocycles. The predicted octanol–water partition coefficient (Wildman–Crippen LogP) is 1.88. The molecule has 0 bridgehead atoms. The van der Waals surface area contributed by atoms with Crippen LogP contribution in [0.15, 0.2) is 59.5 Å². The SMILES string of the molecule is NS(=O)(=O)c1ccc(NC(=O)c2cc(-c3ccc([N+](=O)[O-])cc3)[nH]n2)cc1. The summed E-state index contributed by atoms with van der Waals surface area (Å²) in [6.07, 6.45) is 0. The molecule has 1 amide bonds. The third-order valence-electron chi connectivity index (χ3n) is 3.64. The Balaban J connectivity index is 1.74. The van der Waals surface area contributed by atoms with Crippen molar-refractivity contribution >= 4 is 27.3 Å². The number of anilines is 1. The van der Waals surface area contributed by atoms with E-state index >= 15 is 0 Å². The van der Waals surface area contributed by atoms with Crippen molar-refractivity contribution in [1.29, 1.82) is 0 Å². The molecule has 3 rings (SSSR count). The molecule has 0 unspecified atom stereocenters. The number of hydrogen-bond donors (Lipinski definition) is 3. The quantitative estimate of drug-likeness (QED) is 0.447. The van der Waals surface area contributed by atoms with Crippen molar-refractivity contribution in [2.24, 2.45) is 5.14 Å². The summed E-state index contributed by atoms with van der Waals surface area (Å²) in [5.74, 6) is -0.511. The highest BCUT2D eigenvalue weighted by molar-refractivity contribution is 7.89. The molecule has 138 valence electrons. The third-order valence-corrected chi connectivity index (χ3v) is 4.57. The molecule has 0 atom stereocenters. The number of nitrogens with two attached hydrogens (primary N) is 1. The van der Waals surface area contributed by atoms with Gasteiger partial charge in [-0.25, -0.2) is 13.6 Å². The van der Waals surface area contributed by atoms with Gasteiger partial charge < -0.3 is 5.32 Å². The lowest BCUT2D eigenvalue weighted by molar-refractivity contribution is -0.384. The lowest BCUT2D eigenvalue weighted by Gasteiger charge is -2.04. The largest absolute Gasteiger partial charge is 0.321 e. The molecule has 27 heavy (non-hydrogen) atoms. The number of H-pyrrole nitrogens is 1. The van der Waals surface area contributed by atoms with Gasteiger partial charge in [0.05, 0.1) is 15.5 Å². The van der Waals surface area contributed by atoms with E-state index in [1.165, 1.54) is 42.5 Å². The molecule has 0 aliphatic carbocycles. The van der Waals surface area contributed by atoms with Crippen LogP contribution in [0.25, 0.3) is 11.3 Å². The number of nitrogens with one attached hydrogen (secondary N) is 2. The molecule has 4 N–H and O–H groups in total. The van der Waals surface area contributed by atoms with E-state index in [1.807, 2.05) is 0 Å². The van der Waals surface area contributed by atoms with Gasteiger partial charge in [-0.2, -0.15) is 5.10 Å². The Kier molecular flexibility index (Phi) is 4.71. The van der Waals surface area contributed by atoms with Gasteiger partial charge >= 0.3 is 0 Å². The monoisotopic (exact) mass is 387 g/mol. The maximum atomic E-state index is 12.3. The third kappa shape index (κ3) is 4.16. The maximum Gasteiger partial charge on any atom is 0.276 e. The van der Waals surface area contributed by atoms with E-state index in [9.17, 15) is 23.3 Å². The van der Waals surface area contributed by atoms with Gasteiger partial charge in [-0.3, -0.25) is 20.0 Å². The zero-order chi connectivity index (χ0) is 19.6. The summed E-state index contributed by atoms with van der Waals surface area (Å²) in [6, 6.07) is 12.6. The number of primary sulfonamides is 1. The van der Waals surface area contributed by atoms with Crippen LogP contribution in [0.3, 0.4) is 0 Å². The van der Waals surface area contributed by atoms with Crippen LogP contribution in [0, 0.1) is 10.1 Å². The number of benzene rings is 2. The Hall–Kier alpha value is -3.57. The van der Waals surface area contributed by atoms with E-state index in [-0.39, 0.29) is 16.3 Å². The van der Waals surface area contributed by atoms with E-state index in [2.05, 4.69) is 15.5 Å². The molecular formula is C16H13N5O5S. The molecule has 1 heterocycles. The van der Waals surface area contributed by atoms with Gasteiger partial charge in [0.15, 0.2) is 5.69 Å². The van der Waals surface area contributed by atoms with Crippen molar-refractivity contribution in [2.75, 3.05) is 5.32 Å². The minimum atomic E-state index is -3.81. The summed E-state index contributed by atoms with van der Waals surface area (Å²) >= 11 is 0. The standard InChI is InChI=1S/C16H13N5O5S/c17-27(25,26)13-7-3-11(4-8-13)18-16(22)15-9-14(19-20-15)10-1-5-12(6-2-10)21(23)24/h1-9H,(H,18,22)(H,19,20)(H2,17,25,26). The van der Waals surface area contributed by atoms with E-state index in [0.29, 0.717) is 16.9 Å². The zero-order valence-electron chi connectivity index (χ0n) is 13.6. The van der Waals surface area contributed by atoms with Gasteiger partial charge in [0.2, 0.25) is 10.0 Å². The molecule has 0 spiro atoms. The number of aromatic nitrogens is 2. The summed E-state index contributed by atoms with van der Waals surface area (Å²) in [6.45, 7) is 0. The molecule has 2 aromatic carbocycles. The van der Waals surface area contributed by atoms with Gasteiger partial charge in [-0.1, -0.05) is 0 Å². The molecular weight excluding hydrogens is 374 g/mol. The van der Waals surface area contributed by atoms with Gasteiger partial charge in [-0.15, -0.1) is 0 Å². The molecule has 0 saturated carbocycles. The number of carbonyl (C=O) groups excluding carboxylic acids is 1. The Morgan fingerprint density at radius 1 is 1.11 bits per heavy atom. The predicted molar refractivity (Wildman–Crippen MR) is 96.4 cm³/mol. The number of sulfonamides is 1. The number of nitro benzene ring substituents is 1. The van der Waals surface area contributed by atoms with E-state index in [1.54, 1.807) is 12.1 Å². The molecule has 0 radical (unpaired) electrons. The van der Waals surface area contributed by atoms with E-state index in [4.69, 9.17) is 5.14 Å². The second kappa shape index (κ2) is 6.97. The summed E-state index contributed by atoms with van der Waals surface area (Å²) in [7, 11) is -3.81. The lowest BCUT2D eigenvalue weighted by atomic mass is 10.1. The minimum Gasteiger partial charge on any atom is -0.321 e. The highest BCUT2D eigenvalue weighted by Gasteiger charge is 2.14. The van der Waals surface area contributed by atoms with Crippen LogP contribution in [0.2, 0.25) is 0 Å². The number of amides is 1. The highest BCUT2D eigenvalue weighted by Crippen LogP contribution is 2.21. The normalized spacial score (nSPS) is 11.1. The number of aromatic amines is 1. The number of non-ortho nitro benzene ring substituents is 1. The maximum absolute atomic E-state index is 12.3. The van der Waals surface area contributed by atoms with Crippen LogP contribution in [0.4, 0.5) is 11.4 Å². The number of hydrogen-bond acceptors (Lipinski definition) is 6. The lowest BCUT2D eigenvalue weighted by Crippen LogP contribution is -2.14. The van der Waals surface area contributed by atoms with Crippen LogP contribution in [-0.2, 0) is 10.0 Å². The first-order chi connectivity index (χ1) is 12.7. The molecule has 10 nitrogen and oxygen atoms in total. The van der Waals surface area contributed by atoms with Crippen molar-refractivity contribution in [3.63, 3.8) is 0 Å². The smallest absolute Gasteiger partial charge is 0.276 e. The summed E-state index contributed by atoms with van der Waals surface area (Å²) in [5, 5.41) is 24.9. The van der Waals surface area contributed by atoms with Crippen LogP contribution < -0.4 is 10.5 Å². The molecule has 0 fully saturated rings. The van der Waals surface area contributed by atoms with E-state index in [0.717, 1.165) is 0 Å². The van der Waals surface area contributed by atoms with Crippen molar-refractivity contribution in [3.8, 4) is 11.3 Å². The van der Waals surface area contributed by atoms with Gasteiger partial charge in [0, 0.05) is 23.4 Å². The Morgan fingerprint density at radius 3 is 2.30 bits per heavy atom. The summed E-state index contributed by atoms with van der Waals surface area (Å²) in [5.41, 5.74) is 1.56. The van der Waals surface area contributed by atoms with Crippen molar-refractivity contribution in [2.45, 2.75) is 4.90 Å². The topological polar surface area (TPSA) is 161 Å². The fraction of sp³-hybridized carbons (Fsp3) is 0. The highest BCUT2D eigenvalue weighted by atomic mass is 32.2. The van der Waals surface area contributed by atoms with Crippen LogP contribution >= 0.6 is 0 Å². The molecule has 0 aliphatic rings. The first-order valence-corrected chi connectivity index (χ1v) is 9.03. The summed E-state index contributed by atoms with van der Waals surface area (Å²) in [4.78, 5) is 22.4. The van der Waals surface area contributed by atoms with Crippen LogP contribution in [0.1, 0.15) is 10.5 Å². The first kappa shape index (κ1) is 18.2. The number of rotatable bonds is 5. The minimum absolute atomic E-state index is 0.0424. The summed E-state index contributed by atoms with van der Waals surface area (Å²) < 4.78 is 22.4. The van der Waals surface area contributed by atoms with E-state index < -0.39 is 20.9 Å². The fourth-order valence-corrected chi connectivity index (χ4v) is 2.79. The van der Waals surface area contributed by atoms with Crippen molar-refractivity contribution in [1.82, 2.24) is 10.2 Å². The molecule has 0 aliphatic heterocycles. The van der Waals surface area contributed by atoms with Crippen molar-refractivity contribution < 1.29 is 18.1 Å². The second-order valence-corrected chi connectivity index (χ2v) is 7.06. The van der Waals surface area contributed by atoms with Crippen LogP contribution in [0.5, 0.6) is 0 Å². The first-order valence-electron chi connectivity index (χ1n) is 7.48. The van der Waals surface area contributed by atoms with Gasteiger partial charge in [-0.05, 0) is 42.5 Å². The Labute approximate surface area is 153 Å². The number of carbonyl (C=O) groups is 1. The van der Waals surface area contributed by atoms with Crippen LogP contribution in [-0.4, -0.2) is 29.4 Å². The Morgan fingerprint density at radius 2 is 1.74 bits per heavy atom. The molecule has 1 aromatic heterocycles. The average molecular weight is 387 g/mol.